The highest BCUT2D eigenvalue weighted by Crippen LogP contribution is 2.11. The van der Waals surface area contributed by atoms with Crippen molar-refractivity contribution in [1.29, 1.82) is 0 Å². The van der Waals surface area contributed by atoms with E-state index in [0.29, 0.717) is 5.65 Å². The maximum atomic E-state index is 11.1. The zero-order valence-electron chi connectivity index (χ0n) is 7.27. The molecule has 2 aromatic heterocycles. The highest BCUT2D eigenvalue weighted by molar-refractivity contribution is 9.10. The number of rotatable bonds is 1. The van der Waals surface area contributed by atoms with Crippen LogP contribution < -0.4 is 0 Å². The van der Waals surface area contributed by atoms with E-state index in [4.69, 9.17) is 0 Å². The number of pyridine rings is 1. The first-order valence-electron chi connectivity index (χ1n) is 3.81. The molecule has 0 unspecified atom stereocenters. The zero-order chi connectivity index (χ0) is 10.1. The average molecular weight is 256 g/mol. The maximum Gasteiger partial charge on any atom is 0.377 e. The van der Waals surface area contributed by atoms with E-state index in [-0.39, 0.29) is 5.82 Å². The average Bonchev–Trinajstić information content (AvgIpc) is 2.59. The normalized spacial score (nSPS) is 10.4. The number of nitrogens with zero attached hydrogens (tertiary/aromatic N) is 3. The second-order valence-electron chi connectivity index (χ2n) is 2.57. The highest BCUT2D eigenvalue weighted by Gasteiger charge is 2.12. The van der Waals surface area contributed by atoms with Gasteiger partial charge < -0.3 is 4.74 Å². The Bertz CT molecular complexity index is 494. The number of carbonyl (C=O) groups is 1. The van der Waals surface area contributed by atoms with Gasteiger partial charge in [0.2, 0.25) is 0 Å². The van der Waals surface area contributed by atoms with Crippen LogP contribution in [0.2, 0.25) is 0 Å². The SMILES string of the molecule is COC(=O)c1nc2cc(Br)ccn2n1. The molecule has 0 aliphatic rings. The summed E-state index contributed by atoms with van der Waals surface area (Å²) >= 11 is 3.30. The van der Waals surface area contributed by atoms with Gasteiger partial charge in [0.05, 0.1) is 7.11 Å². The summed E-state index contributed by atoms with van der Waals surface area (Å²) in [7, 11) is 1.30. The minimum atomic E-state index is -0.537. The Morgan fingerprint density at radius 3 is 3.14 bits per heavy atom. The summed E-state index contributed by atoms with van der Waals surface area (Å²) < 4.78 is 6.90. The van der Waals surface area contributed by atoms with Crippen LogP contribution >= 0.6 is 15.9 Å². The van der Waals surface area contributed by atoms with Crippen molar-refractivity contribution in [3.63, 3.8) is 0 Å². The Labute approximate surface area is 87.8 Å². The summed E-state index contributed by atoms with van der Waals surface area (Å²) in [5.74, 6) is -0.476. The third kappa shape index (κ3) is 1.48. The smallest absolute Gasteiger partial charge is 0.377 e. The molecule has 0 spiro atoms. The van der Waals surface area contributed by atoms with Crippen LogP contribution in [0, 0.1) is 0 Å². The van der Waals surface area contributed by atoms with Gasteiger partial charge in [-0.05, 0) is 12.1 Å². The molecule has 0 bridgehead atoms. The lowest BCUT2D eigenvalue weighted by atomic mass is 10.5. The fourth-order valence-electron chi connectivity index (χ4n) is 1.03. The van der Waals surface area contributed by atoms with E-state index < -0.39 is 5.97 Å². The molecule has 72 valence electrons. The highest BCUT2D eigenvalue weighted by atomic mass is 79.9. The Morgan fingerprint density at radius 2 is 2.43 bits per heavy atom. The van der Waals surface area contributed by atoms with Gasteiger partial charge in [-0.15, -0.1) is 5.10 Å². The van der Waals surface area contributed by atoms with Crippen LogP contribution in [-0.4, -0.2) is 27.7 Å². The van der Waals surface area contributed by atoms with E-state index in [2.05, 4.69) is 30.7 Å². The number of fused-ring (bicyclic) bond motifs is 1. The Balaban J connectivity index is 2.56. The van der Waals surface area contributed by atoms with Gasteiger partial charge in [-0.3, -0.25) is 0 Å². The molecule has 0 fully saturated rings. The third-order valence-corrected chi connectivity index (χ3v) is 2.16. The number of carbonyl (C=O) groups excluding carboxylic acids is 1. The van der Waals surface area contributed by atoms with E-state index in [0.717, 1.165) is 4.47 Å². The number of esters is 1. The molecule has 5 nitrogen and oxygen atoms in total. The Hall–Kier alpha value is -1.43. The van der Waals surface area contributed by atoms with Gasteiger partial charge in [-0.25, -0.2) is 14.3 Å². The van der Waals surface area contributed by atoms with Crippen LogP contribution in [0.15, 0.2) is 22.8 Å². The summed E-state index contributed by atoms with van der Waals surface area (Å²) in [4.78, 5) is 15.1. The standard InChI is InChI=1S/C8H6BrN3O2/c1-14-8(13)7-10-6-4-5(9)2-3-12(6)11-7/h2-4H,1H3. The molecular weight excluding hydrogens is 250 g/mol. The van der Waals surface area contributed by atoms with Gasteiger partial charge in [0.1, 0.15) is 0 Å². The second-order valence-corrected chi connectivity index (χ2v) is 3.49. The van der Waals surface area contributed by atoms with Crippen molar-refractivity contribution < 1.29 is 9.53 Å². The van der Waals surface area contributed by atoms with E-state index in [1.807, 2.05) is 6.07 Å². The van der Waals surface area contributed by atoms with Gasteiger partial charge in [-0.1, -0.05) is 15.9 Å². The first kappa shape index (κ1) is 9.14. The molecule has 2 rings (SSSR count). The fourth-order valence-corrected chi connectivity index (χ4v) is 1.36. The van der Waals surface area contributed by atoms with Crippen molar-refractivity contribution in [3.8, 4) is 0 Å². The number of ether oxygens (including phenoxy) is 1. The number of hydrogen-bond acceptors (Lipinski definition) is 4. The molecule has 0 N–H and O–H groups in total. The molecule has 2 aromatic rings. The van der Waals surface area contributed by atoms with Crippen LogP contribution in [0.5, 0.6) is 0 Å². The van der Waals surface area contributed by atoms with E-state index in [9.17, 15) is 4.79 Å². The number of aromatic nitrogens is 3. The van der Waals surface area contributed by atoms with Gasteiger partial charge in [0.15, 0.2) is 5.65 Å². The van der Waals surface area contributed by atoms with Crippen LogP contribution in [0.4, 0.5) is 0 Å². The lowest BCUT2D eigenvalue weighted by Crippen LogP contribution is -2.03. The van der Waals surface area contributed by atoms with Crippen LogP contribution in [0.1, 0.15) is 10.6 Å². The minimum absolute atomic E-state index is 0.0607. The molecule has 2 heterocycles. The van der Waals surface area contributed by atoms with Crippen LogP contribution in [0.3, 0.4) is 0 Å². The number of hydrogen-bond donors (Lipinski definition) is 0. The fraction of sp³-hybridized carbons (Fsp3) is 0.125. The lowest BCUT2D eigenvalue weighted by Gasteiger charge is -1.89. The summed E-state index contributed by atoms with van der Waals surface area (Å²) in [6, 6.07) is 3.57. The zero-order valence-corrected chi connectivity index (χ0v) is 8.85. The van der Waals surface area contributed by atoms with Gasteiger partial charge >= 0.3 is 5.97 Å². The van der Waals surface area contributed by atoms with Crippen molar-refractivity contribution in [3.05, 3.63) is 28.6 Å². The van der Waals surface area contributed by atoms with Crippen molar-refractivity contribution in [2.75, 3.05) is 7.11 Å². The molecule has 14 heavy (non-hydrogen) atoms. The molecular formula is C8H6BrN3O2. The first-order chi connectivity index (χ1) is 6.70. The third-order valence-electron chi connectivity index (χ3n) is 1.67. The predicted octanol–water partition coefficient (Wildman–Crippen LogP) is 1.28. The topological polar surface area (TPSA) is 56.5 Å². The molecule has 0 radical (unpaired) electrons. The Kier molecular flexibility index (Phi) is 2.20. The molecule has 0 saturated heterocycles. The summed E-state index contributed by atoms with van der Waals surface area (Å²) in [6.07, 6.45) is 1.71. The first-order valence-corrected chi connectivity index (χ1v) is 4.60. The van der Waals surface area contributed by atoms with Crippen LogP contribution in [0.25, 0.3) is 5.65 Å². The van der Waals surface area contributed by atoms with Gasteiger partial charge in [-0.2, -0.15) is 0 Å². The lowest BCUT2D eigenvalue weighted by molar-refractivity contribution is 0.0587. The molecule has 0 saturated carbocycles. The Morgan fingerprint density at radius 1 is 1.64 bits per heavy atom. The molecule has 0 aliphatic carbocycles. The van der Waals surface area contributed by atoms with Gasteiger partial charge in [0, 0.05) is 10.7 Å². The molecule has 0 amide bonds. The summed E-state index contributed by atoms with van der Waals surface area (Å²) in [5.41, 5.74) is 0.597. The molecule has 6 heteroatoms. The quantitative estimate of drug-likeness (QED) is 0.721. The van der Waals surface area contributed by atoms with E-state index in [1.54, 1.807) is 12.3 Å². The van der Waals surface area contributed by atoms with Crippen molar-refractivity contribution in [2.24, 2.45) is 0 Å². The molecule has 0 aliphatic heterocycles. The molecule has 0 aromatic carbocycles. The minimum Gasteiger partial charge on any atom is -0.463 e. The van der Waals surface area contributed by atoms with Crippen molar-refractivity contribution >= 4 is 27.5 Å². The second kappa shape index (κ2) is 3.38. The summed E-state index contributed by atoms with van der Waals surface area (Å²) in [6.45, 7) is 0. The predicted molar refractivity (Wildman–Crippen MR) is 52.0 cm³/mol. The molecule has 0 atom stereocenters. The number of methoxy groups -OCH3 is 1. The monoisotopic (exact) mass is 255 g/mol. The largest absolute Gasteiger partial charge is 0.463 e. The van der Waals surface area contributed by atoms with E-state index in [1.165, 1.54) is 11.6 Å². The summed E-state index contributed by atoms with van der Waals surface area (Å²) in [5, 5.41) is 3.93. The van der Waals surface area contributed by atoms with Crippen molar-refractivity contribution in [2.45, 2.75) is 0 Å². The maximum absolute atomic E-state index is 11.1. The van der Waals surface area contributed by atoms with Crippen LogP contribution in [-0.2, 0) is 4.74 Å². The number of halogens is 1. The van der Waals surface area contributed by atoms with Crippen molar-refractivity contribution in [1.82, 2.24) is 14.6 Å². The van der Waals surface area contributed by atoms with E-state index >= 15 is 0 Å². The van der Waals surface area contributed by atoms with Gasteiger partial charge in [0.25, 0.3) is 5.82 Å².